The summed E-state index contributed by atoms with van der Waals surface area (Å²) in [5.74, 6) is 1.53. The van der Waals surface area contributed by atoms with Gasteiger partial charge in [-0.3, -0.25) is 4.98 Å². The van der Waals surface area contributed by atoms with Crippen LogP contribution in [0, 0.1) is 6.92 Å². The van der Waals surface area contributed by atoms with Crippen LogP contribution in [0.5, 0.6) is 0 Å². The smallest absolute Gasteiger partial charge is 0.249 e. The van der Waals surface area contributed by atoms with Gasteiger partial charge in [-0.2, -0.15) is 10.1 Å². The molecule has 2 aromatic heterocycles. The summed E-state index contributed by atoms with van der Waals surface area (Å²) in [6.45, 7) is 7.00. The Bertz CT molecular complexity index is 832. The number of nitrogens with one attached hydrogen (secondary N) is 2. The number of anilines is 3. The number of hydrogen-bond donors (Lipinski definition) is 2. The van der Waals surface area contributed by atoms with Gasteiger partial charge in [-0.15, -0.1) is 5.10 Å². The molecule has 0 saturated carbocycles. The predicted molar refractivity (Wildman–Crippen MR) is 99.9 cm³/mol. The van der Waals surface area contributed by atoms with Crippen LogP contribution in [-0.2, 0) is 6.54 Å². The van der Waals surface area contributed by atoms with E-state index in [4.69, 9.17) is 0 Å². The molecular weight excluding hydrogens is 312 g/mol. The van der Waals surface area contributed by atoms with E-state index in [1.807, 2.05) is 18.2 Å². The summed E-state index contributed by atoms with van der Waals surface area (Å²) in [4.78, 5) is 8.79. The summed E-state index contributed by atoms with van der Waals surface area (Å²) in [6.07, 6.45) is 3.38. The van der Waals surface area contributed by atoms with Gasteiger partial charge in [0.15, 0.2) is 5.82 Å². The predicted octanol–water partition coefficient (Wildman–Crippen LogP) is 4.05. The van der Waals surface area contributed by atoms with E-state index in [2.05, 4.69) is 69.8 Å². The van der Waals surface area contributed by atoms with Crippen LogP contribution in [0.25, 0.3) is 0 Å². The molecule has 2 heterocycles. The maximum absolute atomic E-state index is 4.50. The molecule has 25 heavy (non-hydrogen) atoms. The fraction of sp³-hybridized carbons (Fsp3) is 0.263. The minimum Gasteiger partial charge on any atom is -0.363 e. The maximum Gasteiger partial charge on any atom is 0.249 e. The lowest BCUT2D eigenvalue weighted by molar-refractivity contribution is 0.865. The molecule has 0 aliphatic carbocycles. The first-order valence-electron chi connectivity index (χ1n) is 8.33. The quantitative estimate of drug-likeness (QED) is 0.708. The summed E-state index contributed by atoms with van der Waals surface area (Å²) in [5.41, 5.74) is 4.37. The second-order valence-electron chi connectivity index (χ2n) is 6.16. The summed E-state index contributed by atoms with van der Waals surface area (Å²) < 4.78 is 0. The van der Waals surface area contributed by atoms with Gasteiger partial charge in [0.2, 0.25) is 5.95 Å². The Morgan fingerprint density at radius 3 is 2.72 bits per heavy atom. The van der Waals surface area contributed by atoms with Crippen molar-refractivity contribution in [3.05, 3.63) is 65.6 Å². The highest BCUT2D eigenvalue weighted by Gasteiger charge is 2.11. The van der Waals surface area contributed by atoms with Crippen LogP contribution in [0.4, 0.5) is 17.5 Å². The molecule has 0 atom stereocenters. The lowest BCUT2D eigenvalue weighted by Gasteiger charge is -2.16. The van der Waals surface area contributed by atoms with Gasteiger partial charge < -0.3 is 10.6 Å². The number of benzene rings is 1. The van der Waals surface area contributed by atoms with Crippen LogP contribution < -0.4 is 10.6 Å². The zero-order valence-electron chi connectivity index (χ0n) is 14.7. The van der Waals surface area contributed by atoms with E-state index in [1.165, 1.54) is 5.56 Å². The third-order valence-electron chi connectivity index (χ3n) is 3.90. The van der Waals surface area contributed by atoms with Gasteiger partial charge in [0.05, 0.1) is 18.4 Å². The van der Waals surface area contributed by atoms with Crippen molar-refractivity contribution in [2.75, 3.05) is 10.6 Å². The molecular formula is C19H22N6. The molecule has 0 bridgehead atoms. The summed E-state index contributed by atoms with van der Waals surface area (Å²) in [7, 11) is 0. The van der Waals surface area contributed by atoms with Crippen molar-refractivity contribution in [2.24, 2.45) is 0 Å². The average molecular weight is 334 g/mol. The van der Waals surface area contributed by atoms with Gasteiger partial charge in [0.1, 0.15) is 0 Å². The fourth-order valence-corrected chi connectivity index (χ4v) is 2.58. The van der Waals surface area contributed by atoms with Crippen LogP contribution in [0.1, 0.15) is 36.6 Å². The van der Waals surface area contributed by atoms with Crippen LogP contribution in [0.15, 0.2) is 48.8 Å². The number of hydrogen-bond acceptors (Lipinski definition) is 6. The van der Waals surface area contributed by atoms with E-state index < -0.39 is 0 Å². The number of aryl methyl sites for hydroxylation is 1. The molecule has 0 aliphatic rings. The molecule has 3 rings (SSSR count). The number of pyridine rings is 1. The van der Waals surface area contributed by atoms with Gasteiger partial charge >= 0.3 is 0 Å². The van der Waals surface area contributed by atoms with Gasteiger partial charge in [-0.05, 0) is 36.1 Å². The van der Waals surface area contributed by atoms with E-state index in [9.17, 15) is 0 Å². The first-order valence-corrected chi connectivity index (χ1v) is 8.33. The van der Waals surface area contributed by atoms with E-state index in [0.29, 0.717) is 24.2 Å². The molecule has 0 spiro atoms. The highest BCUT2D eigenvalue weighted by Crippen LogP contribution is 2.29. The third kappa shape index (κ3) is 4.29. The molecule has 6 heteroatoms. The number of para-hydroxylation sites is 1. The molecule has 0 unspecified atom stereocenters. The molecule has 0 aliphatic heterocycles. The van der Waals surface area contributed by atoms with Crippen molar-refractivity contribution in [3.8, 4) is 0 Å². The van der Waals surface area contributed by atoms with Gasteiger partial charge in [0.25, 0.3) is 0 Å². The Morgan fingerprint density at radius 1 is 1.08 bits per heavy atom. The first-order chi connectivity index (χ1) is 12.1. The van der Waals surface area contributed by atoms with Gasteiger partial charge in [0, 0.05) is 11.9 Å². The topological polar surface area (TPSA) is 75.6 Å². The highest BCUT2D eigenvalue weighted by molar-refractivity contribution is 5.64. The molecule has 1 aromatic carbocycles. The number of aromatic nitrogens is 4. The molecule has 2 N–H and O–H groups in total. The Kier molecular flexibility index (Phi) is 5.18. The summed E-state index contributed by atoms with van der Waals surface area (Å²) >= 11 is 0. The summed E-state index contributed by atoms with van der Waals surface area (Å²) in [5, 5.41) is 14.7. The van der Waals surface area contributed by atoms with Crippen molar-refractivity contribution >= 4 is 17.5 Å². The lowest BCUT2D eigenvalue weighted by Crippen LogP contribution is -2.08. The molecule has 0 radical (unpaired) electrons. The standard InChI is InChI=1S/C19H22N6/c1-13(2)16-9-6-7-14(3)18(16)24-19-23-17(12-22-25-19)21-11-15-8-4-5-10-20-15/h4-10,12-13H,11H2,1-3H3,(H2,21,23,24,25). The van der Waals surface area contributed by atoms with Crippen LogP contribution in [-0.4, -0.2) is 20.2 Å². The van der Waals surface area contributed by atoms with Crippen molar-refractivity contribution in [2.45, 2.75) is 33.2 Å². The van der Waals surface area contributed by atoms with Gasteiger partial charge in [-0.25, -0.2) is 0 Å². The van der Waals surface area contributed by atoms with E-state index >= 15 is 0 Å². The zero-order chi connectivity index (χ0) is 17.6. The minimum atomic E-state index is 0.404. The van der Waals surface area contributed by atoms with Crippen LogP contribution >= 0.6 is 0 Å². The second-order valence-corrected chi connectivity index (χ2v) is 6.16. The average Bonchev–Trinajstić information content (AvgIpc) is 2.63. The van der Waals surface area contributed by atoms with Crippen LogP contribution in [0.3, 0.4) is 0 Å². The number of rotatable bonds is 6. The molecule has 0 saturated heterocycles. The largest absolute Gasteiger partial charge is 0.363 e. The normalized spacial score (nSPS) is 10.7. The van der Waals surface area contributed by atoms with E-state index in [0.717, 1.165) is 16.9 Å². The first kappa shape index (κ1) is 16.8. The molecule has 0 amide bonds. The molecule has 3 aromatic rings. The van der Waals surface area contributed by atoms with Crippen molar-refractivity contribution in [1.29, 1.82) is 0 Å². The molecule has 6 nitrogen and oxygen atoms in total. The lowest BCUT2D eigenvalue weighted by atomic mass is 9.98. The van der Waals surface area contributed by atoms with Crippen molar-refractivity contribution in [1.82, 2.24) is 20.2 Å². The Morgan fingerprint density at radius 2 is 1.96 bits per heavy atom. The number of nitrogens with zero attached hydrogens (tertiary/aromatic N) is 4. The monoisotopic (exact) mass is 334 g/mol. The van der Waals surface area contributed by atoms with E-state index in [1.54, 1.807) is 12.4 Å². The van der Waals surface area contributed by atoms with Gasteiger partial charge in [-0.1, -0.05) is 38.1 Å². The van der Waals surface area contributed by atoms with Crippen molar-refractivity contribution < 1.29 is 0 Å². The van der Waals surface area contributed by atoms with E-state index in [-0.39, 0.29) is 0 Å². The Labute approximate surface area is 147 Å². The zero-order valence-corrected chi connectivity index (χ0v) is 14.7. The molecule has 128 valence electrons. The highest BCUT2D eigenvalue weighted by atomic mass is 15.3. The van der Waals surface area contributed by atoms with Crippen molar-refractivity contribution in [3.63, 3.8) is 0 Å². The van der Waals surface area contributed by atoms with Crippen LogP contribution in [0.2, 0.25) is 0 Å². The maximum atomic E-state index is 4.50. The third-order valence-corrected chi connectivity index (χ3v) is 3.90. The Hall–Kier alpha value is -3.02. The summed E-state index contributed by atoms with van der Waals surface area (Å²) in [6, 6.07) is 12.1. The minimum absolute atomic E-state index is 0.404. The SMILES string of the molecule is Cc1cccc(C(C)C)c1Nc1nncc(NCc2ccccn2)n1. The Balaban J connectivity index is 1.76. The molecule has 0 fully saturated rings. The second kappa shape index (κ2) is 7.70. The fourth-order valence-electron chi connectivity index (χ4n) is 2.58.